The minimum absolute atomic E-state index is 0. The fourth-order valence-electron chi connectivity index (χ4n) is 1.06. The number of hydrogen-bond donors (Lipinski definition) is 2. The van der Waals surface area contributed by atoms with Crippen LogP contribution >= 0.6 is 12.2 Å². The third-order valence-electron chi connectivity index (χ3n) is 1.65. The number of quaternary nitrogens is 1. The molecule has 0 fully saturated rings. The molecule has 5 N–H and O–H groups in total. The number of benzene rings is 1. The Morgan fingerprint density at radius 1 is 1.25 bits per heavy atom. The zero-order valence-corrected chi connectivity index (χ0v) is 10.1. The molecule has 5 nitrogen and oxygen atoms in total. The number of rotatable bonds is 2. The van der Waals surface area contributed by atoms with Gasteiger partial charge in [0.2, 0.25) is 5.89 Å². The summed E-state index contributed by atoms with van der Waals surface area (Å²) in [5, 5.41) is 10.2. The van der Waals surface area contributed by atoms with Crippen molar-refractivity contribution in [1.82, 2.24) is 16.3 Å². The minimum atomic E-state index is 0. The van der Waals surface area contributed by atoms with Crippen molar-refractivity contribution in [2.24, 2.45) is 0 Å². The maximum absolute atomic E-state index is 5.29. The summed E-state index contributed by atoms with van der Waals surface area (Å²) in [6.07, 6.45) is 0. The quantitative estimate of drug-likeness (QED) is 0.632. The first-order chi connectivity index (χ1) is 7.25. The van der Waals surface area contributed by atoms with Crippen LogP contribution in [0.1, 0.15) is 0 Å². The molecule has 0 unspecified atom stereocenters. The van der Waals surface area contributed by atoms with Crippen LogP contribution in [0.4, 0.5) is 6.01 Å². The predicted octanol–water partition coefficient (Wildman–Crippen LogP) is 2.36. The molecule has 7 heteroatoms. The molecule has 2 rings (SSSR count). The first kappa shape index (κ1) is 12.5. The van der Waals surface area contributed by atoms with Crippen LogP contribution in [0.2, 0.25) is 0 Å². The van der Waals surface area contributed by atoms with Crippen molar-refractivity contribution >= 4 is 35.2 Å². The van der Waals surface area contributed by atoms with Crippen molar-refractivity contribution in [3.8, 4) is 11.5 Å². The van der Waals surface area contributed by atoms with E-state index in [1.54, 1.807) is 0 Å². The van der Waals surface area contributed by atoms with E-state index in [4.69, 9.17) is 4.42 Å². The maximum Gasteiger partial charge on any atom is 0.318 e. The molecule has 0 aliphatic carbocycles. The topological polar surface area (TPSA) is 87.5 Å². The molecule has 0 bridgehead atoms. The molecule has 0 amide bonds. The Balaban J connectivity index is 0.00000128. The Morgan fingerprint density at radius 2 is 1.94 bits per heavy atom. The van der Waals surface area contributed by atoms with E-state index in [1.165, 1.54) is 0 Å². The van der Waals surface area contributed by atoms with Crippen LogP contribution < -0.4 is 11.5 Å². The highest BCUT2D eigenvalue weighted by molar-refractivity contribution is 8.00. The van der Waals surface area contributed by atoms with Gasteiger partial charge in [-0.25, -0.2) is 0 Å². The standard InChI is InChI=1S/C9H7N3OS2.H3N/c14-9(15)10-8-12-11-7(13-8)6-4-2-1-3-5-6;/h1-5H,(H2,10,12,14,15);1H3. The number of nitrogens with zero attached hydrogens (tertiary/aromatic N) is 2. The van der Waals surface area contributed by atoms with Gasteiger partial charge in [0.15, 0.2) is 0 Å². The predicted molar refractivity (Wildman–Crippen MR) is 69.3 cm³/mol. The van der Waals surface area contributed by atoms with E-state index in [0.29, 0.717) is 5.89 Å². The summed E-state index contributed by atoms with van der Waals surface area (Å²) >= 11 is 9.36. The summed E-state index contributed by atoms with van der Waals surface area (Å²) in [6, 6.07) is 9.67. The Labute approximate surface area is 103 Å². The molecule has 0 atom stereocenters. The fraction of sp³-hybridized carbons (Fsp3) is 0. The van der Waals surface area contributed by atoms with Gasteiger partial charge in [0, 0.05) is 5.56 Å². The third kappa shape index (κ3) is 2.96. The van der Waals surface area contributed by atoms with Crippen molar-refractivity contribution in [2.75, 3.05) is 5.32 Å². The van der Waals surface area contributed by atoms with Gasteiger partial charge in [0.05, 0.1) is 0 Å². The van der Waals surface area contributed by atoms with Crippen LogP contribution in [-0.2, 0) is 12.6 Å². The van der Waals surface area contributed by atoms with Crippen LogP contribution in [0.5, 0.6) is 0 Å². The Bertz CT molecular complexity index is 471. The Morgan fingerprint density at radius 3 is 2.56 bits per heavy atom. The number of nitrogens with one attached hydrogen (secondary N) is 1. The lowest BCUT2D eigenvalue weighted by Gasteiger charge is -2.02. The third-order valence-corrected chi connectivity index (χ3v) is 1.86. The molecule has 1 aromatic heterocycles. The molecule has 0 saturated heterocycles. The van der Waals surface area contributed by atoms with Crippen LogP contribution in [0.15, 0.2) is 34.7 Å². The van der Waals surface area contributed by atoms with Crippen LogP contribution in [0.3, 0.4) is 0 Å². The molecule has 0 aliphatic heterocycles. The summed E-state index contributed by atoms with van der Waals surface area (Å²) in [4.78, 5) is 0. The van der Waals surface area contributed by atoms with Gasteiger partial charge in [-0.15, -0.1) is 5.10 Å². The lowest BCUT2D eigenvalue weighted by Crippen LogP contribution is -2.04. The zero-order valence-electron chi connectivity index (χ0n) is 8.51. The summed E-state index contributed by atoms with van der Waals surface area (Å²) < 4.78 is 5.47. The van der Waals surface area contributed by atoms with Crippen molar-refractivity contribution < 1.29 is 4.42 Å². The second-order valence-electron chi connectivity index (χ2n) is 2.69. The van der Waals surface area contributed by atoms with Gasteiger partial charge in [-0.3, -0.25) is 0 Å². The molecule has 1 heterocycles. The van der Waals surface area contributed by atoms with Crippen molar-refractivity contribution in [3.05, 3.63) is 30.3 Å². The SMILES string of the molecule is S=C([S-])Nc1nnc(-c2ccccc2)o1.[NH4+]. The van der Waals surface area contributed by atoms with Crippen molar-refractivity contribution in [3.63, 3.8) is 0 Å². The van der Waals surface area contributed by atoms with Gasteiger partial charge in [-0.05, 0) is 12.1 Å². The van der Waals surface area contributed by atoms with E-state index in [1.807, 2.05) is 30.3 Å². The zero-order chi connectivity index (χ0) is 10.7. The maximum atomic E-state index is 5.29. The first-order valence-electron chi connectivity index (χ1n) is 4.12. The molecule has 0 radical (unpaired) electrons. The van der Waals surface area contributed by atoms with E-state index in [-0.39, 0.29) is 16.5 Å². The molecular formula is C9H10N4OS2. The molecular weight excluding hydrogens is 244 g/mol. The first-order valence-corrected chi connectivity index (χ1v) is 4.94. The molecule has 0 saturated carbocycles. The normalized spacial score (nSPS) is 9.25. The molecule has 2 aromatic rings. The van der Waals surface area contributed by atoms with E-state index in [0.717, 1.165) is 5.56 Å². The monoisotopic (exact) mass is 254 g/mol. The van der Waals surface area contributed by atoms with E-state index in [2.05, 4.69) is 40.4 Å². The fourth-order valence-corrected chi connectivity index (χ4v) is 1.23. The van der Waals surface area contributed by atoms with Gasteiger partial charge in [-0.2, -0.15) is 0 Å². The second kappa shape index (κ2) is 5.50. The van der Waals surface area contributed by atoms with Gasteiger partial charge in [-0.1, -0.05) is 27.6 Å². The largest absolute Gasteiger partial charge is 0.411 e. The van der Waals surface area contributed by atoms with Gasteiger partial charge in [0.25, 0.3) is 0 Å². The smallest absolute Gasteiger partial charge is 0.318 e. The van der Waals surface area contributed by atoms with Gasteiger partial charge >= 0.3 is 6.01 Å². The van der Waals surface area contributed by atoms with Crippen LogP contribution in [-0.4, -0.2) is 14.5 Å². The number of anilines is 1. The molecule has 84 valence electrons. The molecule has 0 spiro atoms. The molecule has 1 aromatic carbocycles. The van der Waals surface area contributed by atoms with Gasteiger partial charge < -0.3 is 40.7 Å². The minimum Gasteiger partial charge on any atom is -0.411 e. The Kier molecular flexibility index (Phi) is 4.29. The highest BCUT2D eigenvalue weighted by Gasteiger charge is 2.06. The summed E-state index contributed by atoms with van der Waals surface area (Å²) in [5.74, 6) is 0.435. The average Bonchev–Trinajstić information content (AvgIpc) is 2.67. The van der Waals surface area contributed by atoms with Gasteiger partial charge in [0.1, 0.15) is 0 Å². The number of thiocarbonyl (C=S) groups is 1. The van der Waals surface area contributed by atoms with E-state index >= 15 is 0 Å². The average molecular weight is 254 g/mol. The summed E-state index contributed by atoms with van der Waals surface area (Å²) in [5.41, 5.74) is 0.855. The number of hydrogen-bond acceptors (Lipinski definition) is 5. The van der Waals surface area contributed by atoms with E-state index in [9.17, 15) is 0 Å². The number of aromatic nitrogens is 2. The second-order valence-corrected chi connectivity index (χ2v) is 3.77. The van der Waals surface area contributed by atoms with Crippen molar-refractivity contribution in [1.29, 1.82) is 0 Å². The lowest BCUT2D eigenvalue weighted by atomic mass is 10.2. The Hall–Kier alpha value is -1.57. The summed E-state index contributed by atoms with van der Waals surface area (Å²) in [6.45, 7) is 0. The molecule has 16 heavy (non-hydrogen) atoms. The molecule has 0 aliphatic rings. The summed E-state index contributed by atoms with van der Waals surface area (Å²) in [7, 11) is 0. The highest BCUT2D eigenvalue weighted by Crippen LogP contribution is 2.18. The lowest BCUT2D eigenvalue weighted by molar-refractivity contribution is 0.589. The van der Waals surface area contributed by atoms with Crippen LogP contribution in [0.25, 0.3) is 11.5 Å². The van der Waals surface area contributed by atoms with Crippen molar-refractivity contribution in [2.45, 2.75) is 0 Å². The highest BCUT2D eigenvalue weighted by atomic mass is 32.1. The van der Waals surface area contributed by atoms with E-state index < -0.39 is 0 Å². The van der Waals surface area contributed by atoms with Crippen LogP contribution in [0, 0.1) is 0 Å².